The second kappa shape index (κ2) is 5.03. The lowest BCUT2D eigenvalue weighted by Gasteiger charge is -2.09. The lowest BCUT2D eigenvalue weighted by Crippen LogP contribution is -1.98. The van der Waals surface area contributed by atoms with Crippen LogP contribution in [0.25, 0.3) is 0 Å². The summed E-state index contributed by atoms with van der Waals surface area (Å²) in [6, 6.07) is 8.74. The van der Waals surface area contributed by atoms with Crippen molar-refractivity contribution in [2.24, 2.45) is 0 Å². The first-order valence-corrected chi connectivity index (χ1v) is 4.93. The normalized spacial score (nSPS) is 9.65. The van der Waals surface area contributed by atoms with Gasteiger partial charge in [0.05, 0.1) is 18.7 Å². The Morgan fingerprint density at radius 2 is 2.24 bits per heavy atom. The Morgan fingerprint density at radius 1 is 1.35 bits per heavy atom. The Bertz CT molecular complexity index is 529. The molecule has 0 unspecified atom stereocenters. The fourth-order valence-electron chi connectivity index (χ4n) is 1.32. The third-order valence-electron chi connectivity index (χ3n) is 2.16. The maximum Gasteiger partial charge on any atom is 0.162 e. The van der Waals surface area contributed by atoms with E-state index in [1.165, 1.54) is 13.4 Å². The van der Waals surface area contributed by atoms with Crippen molar-refractivity contribution < 1.29 is 14.0 Å². The first-order valence-electron chi connectivity index (χ1n) is 4.93. The maximum atomic E-state index is 8.76. The van der Waals surface area contributed by atoms with Crippen molar-refractivity contribution in [1.29, 1.82) is 5.26 Å². The fraction of sp³-hybridized carbons (Fsp3) is 0.167. The van der Waals surface area contributed by atoms with Crippen LogP contribution in [0.4, 0.5) is 0 Å². The SMILES string of the molecule is COc1cc(C#N)ccc1OCc1ccon1. The monoisotopic (exact) mass is 230 g/mol. The van der Waals surface area contributed by atoms with Crippen LogP contribution in [0.3, 0.4) is 0 Å². The van der Waals surface area contributed by atoms with Gasteiger partial charge in [0.25, 0.3) is 0 Å². The molecule has 1 aromatic heterocycles. The first-order chi connectivity index (χ1) is 8.33. The predicted octanol–water partition coefficient (Wildman–Crippen LogP) is 2.13. The molecule has 0 saturated carbocycles. The summed E-state index contributed by atoms with van der Waals surface area (Å²) in [7, 11) is 1.53. The molecule has 17 heavy (non-hydrogen) atoms. The highest BCUT2D eigenvalue weighted by Gasteiger charge is 2.06. The van der Waals surface area contributed by atoms with Gasteiger partial charge in [-0.25, -0.2) is 0 Å². The second-order valence-corrected chi connectivity index (χ2v) is 3.26. The third kappa shape index (κ3) is 2.55. The molecule has 0 aliphatic heterocycles. The number of ether oxygens (including phenoxy) is 2. The maximum absolute atomic E-state index is 8.76. The van der Waals surface area contributed by atoms with Gasteiger partial charge in [-0.15, -0.1) is 0 Å². The molecule has 0 saturated heterocycles. The summed E-state index contributed by atoms with van der Waals surface area (Å²) in [6.07, 6.45) is 1.48. The van der Waals surface area contributed by atoms with E-state index >= 15 is 0 Å². The summed E-state index contributed by atoms with van der Waals surface area (Å²) in [5, 5.41) is 12.5. The summed E-state index contributed by atoms with van der Waals surface area (Å²) in [5.41, 5.74) is 1.21. The molecule has 2 rings (SSSR count). The van der Waals surface area contributed by atoms with E-state index in [2.05, 4.69) is 5.16 Å². The molecule has 0 spiro atoms. The summed E-state index contributed by atoms with van der Waals surface area (Å²) in [4.78, 5) is 0. The minimum atomic E-state index is 0.290. The van der Waals surface area contributed by atoms with Crippen LogP contribution in [0.15, 0.2) is 35.1 Å². The number of rotatable bonds is 4. The summed E-state index contributed by atoms with van der Waals surface area (Å²) >= 11 is 0. The van der Waals surface area contributed by atoms with Crippen LogP contribution in [0.2, 0.25) is 0 Å². The van der Waals surface area contributed by atoms with Gasteiger partial charge in [0.15, 0.2) is 11.5 Å². The molecule has 86 valence electrons. The minimum absolute atomic E-state index is 0.290. The minimum Gasteiger partial charge on any atom is -0.493 e. The van der Waals surface area contributed by atoms with E-state index in [1.54, 1.807) is 24.3 Å². The molecule has 1 aromatic carbocycles. The number of hydrogen-bond donors (Lipinski definition) is 0. The van der Waals surface area contributed by atoms with Gasteiger partial charge in [0, 0.05) is 12.1 Å². The van der Waals surface area contributed by atoms with E-state index in [1.807, 2.05) is 6.07 Å². The van der Waals surface area contributed by atoms with E-state index in [4.69, 9.17) is 19.3 Å². The Labute approximate surface area is 98.2 Å². The Morgan fingerprint density at radius 3 is 2.88 bits per heavy atom. The van der Waals surface area contributed by atoms with Crippen molar-refractivity contribution in [2.75, 3.05) is 7.11 Å². The number of benzene rings is 1. The van der Waals surface area contributed by atoms with Crippen molar-refractivity contribution in [2.45, 2.75) is 6.61 Å². The van der Waals surface area contributed by atoms with Gasteiger partial charge in [-0.2, -0.15) is 5.26 Å². The number of methoxy groups -OCH3 is 1. The Balaban J connectivity index is 2.13. The number of aromatic nitrogens is 1. The molecule has 0 aliphatic carbocycles. The topological polar surface area (TPSA) is 68.3 Å². The van der Waals surface area contributed by atoms with Crippen molar-refractivity contribution in [1.82, 2.24) is 5.16 Å². The number of nitrogens with zero attached hydrogens (tertiary/aromatic N) is 2. The van der Waals surface area contributed by atoms with Crippen LogP contribution in [0.1, 0.15) is 11.3 Å². The van der Waals surface area contributed by atoms with Gasteiger partial charge >= 0.3 is 0 Å². The highest BCUT2D eigenvalue weighted by Crippen LogP contribution is 2.28. The lowest BCUT2D eigenvalue weighted by molar-refractivity contribution is 0.272. The van der Waals surface area contributed by atoms with E-state index in [0.717, 1.165) is 0 Å². The standard InChI is InChI=1S/C12H10N2O3/c1-15-12-6-9(7-13)2-3-11(12)16-8-10-4-5-17-14-10/h2-6H,8H2,1H3. The summed E-state index contributed by atoms with van der Waals surface area (Å²) in [6.45, 7) is 0.290. The Hall–Kier alpha value is -2.48. The number of nitriles is 1. The molecular weight excluding hydrogens is 220 g/mol. The zero-order valence-corrected chi connectivity index (χ0v) is 9.21. The van der Waals surface area contributed by atoms with Gasteiger partial charge in [-0.1, -0.05) is 5.16 Å². The van der Waals surface area contributed by atoms with Crippen LogP contribution in [0, 0.1) is 11.3 Å². The van der Waals surface area contributed by atoms with E-state index in [0.29, 0.717) is 29.4 Å². The summed E-state index contributed by atoms with van der Waals surface area (Å²) < 4.78 is 15.3. The largest absolute Gasteiger partial charge is 0.493 e. The smallest absolute Gasteiger partial charge is 0.162 e. The molecule has 5 heteroatoms. The van der Waals surface area contributed by atoms with Gasteiger partial charge in [-0.3, -0.25) is 0 Å². The first kappa shape index (κ1) is 11.0. The lowest BCUT2D eigenvalue weighted by atomic mass is 10.2. The van der Waals surface area contributed by atoms with Crippen molar-refractivity contribution in [3.05, 3.63) is 41.8 Å². The van der Waals surface area contributed by atoms with Crippen LogP contribution in [0.5, 0.6) is 11.5 Å². The van der Waals surface area contributed by atoms with Crippen LogP contribution in [-0.4, -0.2) is 12.3 Å². The average Bonchev–Trinajstić information content (AvgIpc) is 2.89. The molecule has 0 radical (unpaired) electrons. The molecular formula is C12H10N2O3. The molecule has 0 atom stereocenters. The molecule has 1 heterocycles. The van der Waals surface area contributed by atoms with E-state index in [9.17, 15) is 0 Å². The highest BCUT2D eigenvalue weighted by molar-refractivity contribution is 5.46. The predicted molar refractivity (Wildman–Crippen MR) is 58.5 cm³/mol. The third-order valence-corrected chi connectivity index (χ3v) is 2.16. The molecule has 2 aromatic rings. The number of hydrogen-bond acceptors (Lipinski definition) is 5. The van der Waals surface area contributed by atoms with Crippen molar-refractivity contribution >= 4 is 0 Å². The molecule has 0 aliphatic rings. The average molecular weight is 230 g/mol. The molecule has 0 N–H and O–H groups in total. The summed E-state index contributed by atoms with van der Waals surface area (Å²) in [5.74, 6) is 1.09. The molecule has 0 amide bonds. The Kier molecular flexibility index (Phi) is 3.26. The van der Waals surface area contributed by atoms with Crippen LogP contribution in [-0.2, 0) is 6.61 Å². The van der Waals surface area contributed by atoms with Crippen molar-refractivity contribution in [3.8, 4) is 17.6 Å². The zero-order valence-electron chi connectivity index (χ0n) is 9.21. The van der Waals surface area contributed by atoms with E-state index < -0.39 is 0 Å². The molecule has 0 bridgehead atoms. The van der Waals surface area contributed by atoms with Gasteiger partial charge in [0.1, 0.15) is 18.6 Å². The van der Waals surface area contributed by atoms with Crippen LogP contribution < -0.4 is 9.47 Å². The van der Waals surface area contributed by atoms with Gasteiger partial charge < -0.3 is 14.0 Å². The van der Waals surface area contributed by atoms with E-state index in [-0.39, 0.29) is 0 Å². The molecule has 5 nitrogen and oxygen atoms in total. The van der Waals surface area contributed by atoms with Gasteiger partial charge in [0.2, 0.25) is 0 Å². The second-order valence-electron chi connectivity index (χ2n) is 3.26. The van der Waals surface area contributed by atoms with Crippen LogP contribution >= 0.6 is 0 Å². The zero-order chi connectivity index (χ0) is 12.1. The van der Waals surface area contributed by atoms with Gasteiger partial charge in [-0.05, 0) is 12.1 Å². The van der Waals surface area contributed by atoms with Crippen molar-refractivity contribution in [3.63, 3.8) is 0 Å². The molecule has 0 fully saturated rings. The highest BCUT2D eigenvalue weighted by atomic mass is 16.5. The quantitative estimate of drug-likeness (QED) is 0.804. The fourth-order valence-corrected chi connectivity index (χ4v) is 1.32.